The average molecular weight is 340 g/mol. The SMILES string of the molecule is CC1=NC(c2nccs2)c2ccccc2N(c2nccs2)C1=O. The summed E-state index contributed by atoms with van der Waals surface area (Å²) >= 11 is 2.98. The zero-order valence-corrected chi connectivity index (χ0v) is 13.8. The van der Waals surface area contributed by atoms with Gasteiger partial charge in [0.25, 0.3) is 5.91 Å². The van der Waals surface area contributed by atoms with E-state index in [0.29, 0.717) is 10.8 Å². The number of carbonyl (C=O) groups is 1. The number of hydrogen-bond donors (Lipinski definition) is 0. The minimum atomic E-state index is -0.264. The quantitative estimate of drug-likeness (QED) is 0.712. The molecule has 0 radical (unpaired) electrons. The number of benzene rings is 1. The van der Waals surface area contributed by atoms with Crippen LogP contribution in [0.1, 0.15) is 23.5 Å². The van der Waals surface area contributed by atoms with Crippen LogP contribution in [-0.2, 0) is 4.79 Å². The molecule has 114 valence electrons. The number of amides is 1. The summed E-state index contributed by atoms with van der Waals surface area (Å²) in [5.74, 6) is -0.147. The predicted molar refractivity (Wildman–Crippen MR) is 92.8 cm³/mol. The Hall–Kier alpha value is -2.38. The standard InChI is InChI=1S/C16H12N4OS2/c1-10-15(21)20(16-18-7-9-23-16)12-5-3-2-4-11(12)13(19-10)14-17-6-8-22-14/h2-9,13H,1H3. The molecule has 3 heterocycles. The summed E-state index contributed by atoms with van der Waals surface area (Å²) in [4.78, 5) is 27.9. The molecule has 3 aromatic rings. The van der Waals surface area contributed by atoms with Crippen LogP contribution in [0.5, 0.6) is 0 Å². The molecule has 0 N–H and O–H groups in total. The number of rotatable bonds is 2. The van der Waals surface area contributed by atoms with E-state index in [1.807, 2.05) is 35.0 Å². The van der Waals surface area contributed by atoms with E-state index >= 15 is 0 Å². The fraction of sp³-hybridized carbons (Fsp3) is 0.125. The van der Waals surface area contributed by atoms with Gasteiger partial charge in [-0.3, -0.25) is 14.7 Å². The molecule has 1 aromatic carbocycles. The van der Waals surface area contributed by atoms with E-state index in [9.17, 15) is 4.79 Å². The molecular weight excluding hydrogens is 328 g/mol. The Morgan fingerprint density at radius 2 is 1.87 bits per heavy atom. The van der Waals surface area contributed by atoms with Gasteiger partial charge in [0.05, 0.1) is 11.4 Å². The van der Waals surface area contributed by atoms with E-state index in [4.69, 9.17) is 0 Å². The van der Waals surface area contributed by atoms with Crippen molar-refractivity contribution in [2.45, 2.75) is 13.0 Å². The molecule has 0 bridgehead atoms. The molecule has 1 atom stereocenters. The number of aliphatic imine (C=N–C) groups is 1. The highest BCUT2D eigenvalue weighted by Gasteiger charge is 2.32. The van der Waals surface area contributed by atoms with Crippen LogP contribution in [0.4, 0.5) is 10.8 Å². The van der Waals surface area contributed by atoms with Gasteiger partial charge in [0, 0.05) is 28.7 Å². The van der Waals surface area contributed by atoms with Crippen LogP contribution in [0.15, 0.2) is 52.4 Å². The number of fused-ring (bicyclic) bond motifs is 1. The summed E-state index contributed by atoms with van der Waals surface area (Å²) in [5, 5.41) is 5.32. The third-order valence-corrected chi connectivity index (χ3v) is 5.19. The lowest BCUT2D eigenvalue weighted by Gasteiger charge is -2.21. The zero-order chi connectivity index (χ0) is 15.8. The Morgan fingerprint density at radius 3 is 2.61 bits per heavy atom. The van der Waals surface area contributed by atoms with E-state index in [1.165, 1.54) is 11.3 Å². The van der Waals surface area contributed by atoms with Crippen molar-refractivity contribution in [3.05, 3.63) is 58.0 Å². The van der Waals surface area contributed by atoms with Crippen molar-refractivity contribution < 1.29 is 4.79 Å². The number of aromatic nitrogens is 2. The van der Waals surface area contributed by atoms with Crippen molar-refractivity contribution in [3.63, 3.8) is 0 Å². The second-order valence-corrected chi connectivity index (χ2v) is 6.80. The highest BCUT2D eigenvalue weighted by Crippen LogP contribution is 2.40. The highest BCUT2D eigenvalue weighted by molar-refractivity contribution is 7.14. The van der Waals surface area contributed by atoms with Gasteiger partial charge in [-0.25, -0.2) is 9.97 Å². The monoisotopic (exact) mass is 340 g/mol. The van der Waals surface area contributed by atoms with Gasteiger partial charge < -0.3 is 0 Å². The second kappa shape index (κ2) is 5.68. The summed E-state index contributed by atoms with van der Waals surface area (Å²) < 4.78 is 0. The largest absolute Gasteiger partial charge is 0.278 e. The Morgan fingerprint density at radius 1 is 1.09 bits per heavy atom. The average Bonchev–Trinajstić information content (AvgIpc) is 3.25. The van der Waals surface area contributed by atoms with Crippen molar-refractivity contribution in [3.8, 4) is 0 Å². The number of carbonyl (C=O) groups excluding carboxylic acids is 1. The zero-order valence-electron chi connectivity index (χ0n) is 12.2. The molecule has 0 saturated carbocycles. The first kappa shape index (κ1) is 14.2. The molecular formula is C16H12N4OS2. The van der Waals surface area contributed by atoms with Gasteiger partial charge in [-0.15, -0.1) is 22.7 Å². The maximum absolute atomic E-state index is 12.9. The fourth-order valence-corrected chi connectivity index (χ4v) is 3.93. The van der Waals surface area contributed by atoms with E-state index in [-0.39, 0.29) is 11.9 Å². The van der Waals surface area contributed by atoms with Crippen LogP contribution in [-0.4, -0.2) is 21.6 Å². The molecule has 0 aliphatic carbocycles. The van der Waals surface area contributed by atoms with E-state index < -0.39 is 0 Å². The third kappa shape index (κ3) is 2.38. The fourth-order valence-electron chi connectivity index (χ4n) is 2.59. The molecule has 1 aliphatic rings. The molecule has 0 saturated heterocycles. The maximum atomic E-state index is 12.9. The number of hydrogen-bond acceptors (Lipinski definition) is 6. The maximum Gasteiger partial charge on any atom is 0.278 e. The molecule has 0 spiro atoms. The lowest BCUT2D eigenvalue weighted by Crippen LogP contribution is -2.30. The molecule has 23 heavy (non-hydrogen) atoms. The minimum absolute atomic E-state index is 0.147. The smallest absolute Gasteiger partial charge is 0.269 e. The molecule has 5 nitrogen and oxygen atoms in total. The highest BCUT2D eigenvalue weighted by atomic mass is 32.1. The molecule has 1 aliphatic heterocycles. The van der Waals surface area contributed by atoms with Crippen molar-refractivity contribution in [1.29, 1.82) is 0 Å². The van der Waals surface area contributed by atoms with Gasteiger partial charge in [-0.2, -0.15) is 0 Å². The second-order valence-electron chi connectivity index (χ2n) is 5.00. The van der Waals surface area contributed by atoms with Gasteiger partial charge in [-0.1, -0.05) is 18.2 Å². The molecule has 1 unspecified atom stereocenters. The number of nitrogens with zero attached hydrogens (tertiary/aromatic N) is 4. The van der Waals surface area contributed by atoms with Crippen molar-refractivity contribution in [1.82, 2.24) is 9.97 Å². The van der Waals surface area contributed by atoms with Gasteiger partial charge in [0.15, 0.2) is 5.13 Å². The van der Waals surface area contributed by atoms with E-state index in [0.717, 1.165) is 16.3 Å². The summed E-state index contributed by atoms with van der Waals surface area (Å²) in [7, 11) is 0. The number of anilines is 2. The van der Waals surface area contributed by atoms with Gasteiger partial charge in [0.2, 0.25) is 0 Å². The molecule has 1 amide bonds. The number of para-hydroxylation sites is 1. The van der Waals surface area contributed by atoms with Crippen molar-refractivity contribution in [2.75, 3.05) is 4.90 Å². The Labute approximate surface area is 141 Å². The normalized spacial score (nSPS) is 17.6. The van der Waals surface area contributed by atoms with Crippen LogP contribution < -0.4 is 4.90 Å². The first-order valence-electron chi connectivity index (χ1n) is 7.02. The Balaban J connectivity index is 1.96. The molecule has 4 rings (SSSR count). The van der Waals surface area contributed by atoms with E-state index in [2.05, 4.69) is 15.0 Å². The van der Waals surface area contributed by atoms with Gasteiger partial charge in [0.1, 0.15) is 11.0 Å². The lowest BCUT2D eigenvalue weighted by molar-refractivity contribution is -0.111. The van der Waals surface area contributed by atoms with E-state index in [1.54, 1.807) is 35.6 Å². The first-order valence-corrected chi connectivity index (χ1v) is 8.78. The van der Waals surface area contributed by atoms with Crippen LogP contribution in [0.2, 0.25) is 0 Å². The minimum Gasteiger partial charge on any atom is -0.269 e. The van der Waals surface area contributed by atoms with Crippen LogP contribution in [0.3, 0.4) is 0 Å². The topological polar surface area (TPSA) is 58.5 Å². The molecule has 7 heteroatoms. The van der Waals surface area contributed by atoms with Gasteiger partial charge in [-0.05, 0) is 13.0 Å². The summed E-state index contributed by atoms with van der Waals surface area (Å²) in [6.07, 6.45) is 3.46. The van der Waals surface area contributed by atoms with Crippen molar-refractivity contribution in [2.24, 2.45) is 4.99 Å². The molecule has 2 aromatic heterocycles. The summed E-state index contributed by atoms with van der Waals surface area (Å²) in [6, 6.07) is 7.55. The van der Waals surface area contributed by atoms with Gasteiger partial charge >= 0.3 is 0 Å². The van der Waals surface area contributed by atoms with Crippen LogP contribution in [0, 0.1) is 0 Å². The van der Waals surface area contributed by atoms with Crippen molar-refractivity contribution >= 4 is 45.1 Å². The third-order valence-electron chi connectivity index (χ3n) is 3.60. The predicted octanol–water partition coefficient (Wildman–Crippen LogP) is 3.83. The summed E-state index contributed by atoms with van der Waals surface area (Å²) in [6.45, 7) is 1.75. The lowest BCUT2D eigenvalue weighted by atomic mass is 10.1. The molecule has 0 fully saturated rings. The van der Waals surface area contributed by atoms with Crippen LogP contribution >= 0.6 is 22.7 Å². The first-order chi connectivity index (χ1) is 11.3. The Bertz CT molecular complexity index is 871. The number of thiazole rings is 2. The summed E-state index contributed by atoms with van der Waals surface area (Å²) in [5.41, 5.74) is 2.23. The Kier molecular flexibility index (Phi) is 3.51. The van der Waals surface area contributed by atoms with Crippen LogP contribution in [0.25, 0.3) is 0 Å².